The van der Waals surface area contributed by atoms with Crippen LogP contribution in [0.5, 0.6) is 5.75 Å². The van der Waals surface area contributed by atoms with Gasteiger partial charge in [0.15, 0.2) is 0 Å². The SMILES string of the molecule is CCOC(=O)Cc1ccccc1OCc1cn(C(=O)OC(C)(C)C)c2ccc(-c3cccc(CN)c3)cc12. The molecule has 0 saturated carbocycles. The Balaban J connectivity index is 1.72. The summed E-state index contributed by atoms with van der Waals surface area (Å²) in [6.07, 6.45) is 1.41. The van der Waals surface area contributed by atoms with E-state index in [4.69, 9.17) is 19.9 Å². The number of fused-ring (bicyclic) bond motifs is 1. The molecule has 4 rings (SSSR count). The molecule has 4 aromatic rings. The van der Waals surface area contributed by atoms with Gasteiger partial charge in [0, 0.05) is 29.3 Å². The molecule has 0 spiro atoms. The van der Waals surface area contributed by atoms with Crippen molar-refractivity contribution in [3.8, 4) is 16.9 Å². The highest BCUT2D eigenvalue weighted by atomic mass is 16.6. The summed E-state index contributed by atoms with van der Waals surface area (Å²) in [5.41, 5.74) is 10.6. The van der Waals surface area contributed by atoms with Crippen LogP contribution in [-0.2, 0) is 33.8 Å². The van der Waals surface area contributed by atoms with E-state index in [0.717, 1.165) is 38.7 Å². The van der Waals surface area contributed by atoms with E-state index in [1.807, 2.05) is 75.4 Å². The molecule has 0 aliphatic carbocycles. The fraction of sp³-hybridized carbons (Fsp3) is 0.290. The van der Waals surface area contributed by atoms with Crippen molar-refractivity contribution in [3.63, 3.8) is 0 Å². The molecule has 0 atom stereocenters. The van der Waals surface area contributed by atoms with E-state index >= 15 is 0 Å². The van der Waals surface area contributed by atoms with Crippen molar-refractivity contribution < 1.29 is 23.8 Å². The number of para-hydroxylation sites is 1. The summed E-state index contributed by atoms with van der Waals surface area (Å²) in [7, 11) is 0. The second kappa shape index (κ2) is 11.5. The fourth-order valence-corrected chi connectivity index (χ4v) is 4.25. The van der Waals surface area contributed by atoms with E-state index in [0.29, 0.717) is 18.9 Å². The summed E-state index contributed by atoms with van der Waals surface area (Å²) in [5, 5.41) is 0.870. The number of nitrogens with zero attached hydrogens (tertiary/aromatic N) is 1. The lowest BCUT2D eigenvalue weighted by Crippen LogP contribution is -2.26. The average Bonchev–Trinajstić information content (AvgIpc) is 3.25. The van der Waals surface area contributed by atoms with Gasteiger partial charge < -0.3 is 19.9 Å². The van der Waals surface area contributed by atoms with Gasteiger partial charge in [0.05, 0.1) is 18.5 Å². The highest BCUT2D eigenvalue weighted by Gasteiger charge is 2.22. The molecule has 0 aliphatic heterocycles. The third-order valence-electron chi connectivity index (χ3n) is 5.97. The van der Waals surface area contributed by atoms with Crippen LogP contribution in [-0.4, -0.2) is 28.8 Å². The summed E-state index contributed by atoms with van der Waals surface area (Å²) in [5.74, 6) is 0.278. The number of hydrogen-bond donors (Lipinski definition) is 1. The number of ether oxygens (including phenoxy) is 3. The van der Waals surface area contributed by atoms with Crippen LogP contribution in [0.4, 0.5) is 4.79 Å². The second-order valence-corrected chi connectivity index (χ2v) is 10.0. The van der Waals surface area contributed by atoms with Gasteiger partial charge in [0.1, 0.15) is 18.0 Å². The number of aromatic nitrogens is 1. The zero-order valence-corrected chi connectivity index (χ0v) is 22.3. The molecule has 2 N–H and O–H groups in total. The smallest absolute Gasteiger partial charge is 0.419 e. The van der Waals surface area contributed by atoms with Crippen molar-refractivity contribution in [3.05, 3.63) is 89.6 Å². The lowest BCUT2D eigenvalue weighted by Gasteiger charge is -2.19. The van der Waals surface area contributed by atoms with Crippen LogP contribution in [0.1, 0.15) is 44.4 Å². The Morgan fingerprint density at radius 1 is 0.921 bits per heavy atom. The van der Waals surface area contributed by atoms with E-state index in [9.17, 15) is 9.59 Å². The first-order chi connectivity index (χ1) is 18.2. The van der Waals surface area contributed by atoms with Gasteiger partial charge in [-0.15, -0.1) is 0 Å². The summed E-state index contributed by atoms with van der Waals surface area (Å²) < 4.78 is 18.5. The maximum absolute atomic E-state index is 13.1. The van der Waals surface area contributed by atoms with Crippen LogP contribution in [0.15, 0.2) is 72.9 Å². The maximum Gasteiger partial charge on any atom is 0.419 e. The van der Waals surface area contributed by atoms with E-state index in [1.165, 1.54) is 4.57 Å². The summed E-state index contributed by atoms with van der Waals surface area (Å²) in [6.45, 7) is 8.26. The summed E-state index contributed by atoms with van der Waals surface area (Å²) in [4.78, 5) is 25.2. The number of hydrogen-bond acceptors (Lipinski definition) is 6. The number of rotatable bonds is 8. The van der Waals surface area contributed by atoms with E-state index in [1.54, 1.807) is 13.1 Å². The number of esters is 1. The average molecular weight is 515 g/mol. The van der Waals surface area contributed by atoms with E-state index < -0.39 is 11.7 Å². The molecule has 198 valence electrons. The van der Waals surface area contributed by atoms with Crippen molar-refractivity contribution in [2.24, 2.45) is 5.73 Å². The van der Waals surface area contributed by atoms with Crippen LogP contribution in [0.2, 0.25) is 0 Å². The first-order valence-electron chi connectivity index (χ1n) is 12.7. The lowest BCUT2D eigenvalue weighted by atomic mass is 10.0. The van der Waals surface area contributed by atoms with Gasteiger partial charge in [0.2, 0.25) is 0 Å². The minimum atomic E-state index is -0.640. The largest absolute Gasteiger partial charge is 0.489 e. The molecule has 3 aromatic carbocycles. The number of benzene rings is 3. The maximum atomic E-state index is 13.1. The highest BCUT2D eigenvalue weighted by Crippen LogP contribution is 2.31. The first-order valence-corrected chi connectivity index (χ1v) is 12.7. The molecule has 1 heterocycles. The molecular formula is C31H34N2O5. The number of carbonyl (C=O) groups excluding carboxylic acids is 2. The summed E-state index contributed by atoms with van der Waals surface area (Å²) >= 11 is 0. The normalized spacial score (nSPS) is 11.4. The predicted molar refractivity (Wildman–Crippen MR) is 148 cm³/mol. The second-order valence-electron chi connectivity index (χ2n) is 10.0. The van der Waals surface area contributed by atoms with Gasteiger partial charge in [-0.25, -0.2) is 4.79 Å². The van der Waals surface area contributed by atoms with Gasteiger partial charge in [-0.3, -0.25) is 9.36 Å². The standard InChI is InChI=1S/C31H34N2O5/c1-5-36-29(34)17-24-10-6-7-12-28(24)37-20-25-19-33(30(35)38-31(2,3)4)27-14-13-23(16-26(25)27)22-11-8-9-21(15-22)18-32/h6-16,19H,5,17-18,20,32H2,1-4H3. The van der Waals surface area contributed by atoms with Crippen LogP contribution in [0.25, 0.3) is 22.0 Å². The Morgan fingerprint density at radius 3 is 2.42 bits per heavy atom. The molecule has 0 fully saturated rings. The zero-order chi connectivity index (χ0) is 27.3. The Morgan fingerprint density at radius 2 is 1.68 bits per heavy atom. The molecule has 7 nitrogen and oxygen atoms in total. The number of carbonyl (C=O) groups is 2. The molecule has 0 aliphatic rings. The van der Waals surface area contributed by atoms with Crippen molar-refractivity contribution >= 4 is 23.0 Å². The van der Waals surface area contributed by atoms with Crippen LogP contribution >= 0.6 is 0 Å². The third kappa shape index (κ3) is 6.42. The van der Waals surface area contributed by atoms with Crippen LogP contribution in [0, 0.1) is 0 Å². The minimum absolute atomic E-state index is 0.116. The Bertz CT molecular complexity index is 1450. The van der Waals surface area contributed by atoms with Crippen LogP contribution in [0.3, 0.4) is 0 Å². The summed E-state index contributed by atoms with van der Waals surface area (Å²) in [6, 6.07) is 21.4. The Hall–Kier alpha value is -4.10. The monoisotopic (exact) mass is 514 g/mol. The molecule has 0 saturated heterocycles. The molecule has 38 heavy (non-hydrogen) atoms. The molecule has 0 radical (unpaired) electrons. The third-order valence-corrected chi connectivity index (χ3v) is 5.97. The van der Waals surface area contributed by atoms with Crippen molar-refractivity contribution in [1.29, 1.82) is 0 Å². The Labute approximate surface area is 223 Å². The highest BCUT2D eigenvalue weighted by molar-refractivity contribution is 5.94. The van der Waals surface area contributed by atoms with Gasteiger partial charge in [-0.05, 0) is 68.7 Å². The van der Waals surface area contributed by atoms with Gasteiger partial charge >= 0.3 is 12.1 Å². The molecule has 0 amide bonds. The predicted octanol–water partition coefficient (Wildman–Crippen LogP) is 6.23. The number of nitrogens with two attached hydrogens (primary N) is 1. The van der Waals surface area contributed by atoms with E-state index in [2.05, 4.69) is 12.1 Å². The topological polar surface area (TPSA) is 92.8 Å². The van der Waals surface area contributed by atoms with Crippen molar-refractivity contribution in [1.82, 2.24) is 4.57 Å². The zero-order valence-electron chi connectivity index (χ0n) is 22.3. The Kier molecular flexibility index (Phi) is 8.17. The van der Waals surface area contributed by atoms with Crippen molar-refractivity contribution in [2.75, 3.05) is 6.61 Å². The quantitative estimate of drug-likeness (QED) is 0.280. The van der Waals surface area contributed by atoms with Gasteiger partial charge in [-0.1, -0.05) is 42.5 Å². The lowest BCUT2D eigenvalue weighted by molar-refractivity contribution is -0.142. The van der Waals surface area contributed by atoms with E-state index in [-0.39, 0.29) is 19.0 Å². The first kappa shape index (κ1) is 26.9. The van der Waals surface area contributed by atoms with Crippen LogP contribution < -0.4 is 10.5 Å². The van der Waals surface area contributed by atoms with Gasteiger partial charge in [-0.2, -0.15) is 0 Å². The fourth-order valence-electron chi connectivity index (χ4n) is 4.25. The minimum Gasteiger partial charge on any atom is -0.489 e. The molecule has 7 heteroatoms. The van der Waals surface area contributed by atoms with Gasteiger partial charge in [0.25, 0.3) is 0 Å². The molecule has 1 aromatic heterocycles. The van der Waals surface area contributed by atoms with Crippen molar-refractivity contribution in [2.45, 2.75) is 52.9 Å². The molecule has 0 bridgehead atoms. The molecular weight excluding hydrogens is 480 g/mol. The molecule has 0 unspecified atom stereocenters.